The number of nitrogens with zero attached hydrogens (tertiary/aromatic N) is 1. The van der Waals surface area contributed by atoms with Crippen molar-refractivity contribution in [3.05, 3.63) is 24.5 Å². The third-order valence-corrected chi connectivity index (χ3v) is 3.09. The molecule has 7 nitrogen and oxygen atoms in total. The lowest BCUT2D eigenvalue weighted by Gasteiger charge is -2.38. The van der Waals surface area contributed by atoms with Gasteiger partial charge in [-0.1, -0.05) is 0 Å². The Morgan fingerprint density at radius 3 is 2.39 bits per heavy atom. The third-order valence-electron chi connectivity index (χ3n) is 2.72. The summed E-state index contributed by atoms with van der Waals surface area (Å²) in [7, 11) is 0. The molecule has 3 N–H and O–H groups in total. The van der Waals surface area contributed by atoms with E-state index in [2.05, 4.69) is 16.3 Å². The zero-order valence-electron chi connectivity index (χ0n) is 9.29. The summed E-state index contributed by atoms with van der Waals surface area (Å²) in [6.07, 6.45) is -2.47. The Morgan fingerprint density at radius 1 is 1.11 bits per heavy atom. The van der Waals surface area contributed by atoms with Gasteiger partial charge in [0, 0.05) is 12.4 Å². The average Bonchev–Trinajstić information content (AvgIpc) is 2.88. The van der Waals surface area contributed by atoms with Crippen LogP contribution < -0.4 is 4.84 Å². The average molecular weight is 324 g/mol. The van der Waals surface area contributed by atoms with Gasteiger partial charge in [-0.25, -0.2) is 0 Å². The molecule has 8 heteroatoms. The maximum absolute atomic E-state index is 9.75. The summed E-state index contributed by atoms with van der Waals surface area (Å²) in [5.74, 6) is 0. The fraction of sp³-hybridized carbons (Fsp3) is 0.600. The first-order valence-corrected chi connectivity index (χ1v) is 6.01. The molecule has 102 valence electrons. The van der Waals surface area contributed by atoms with E-state index in [0.29, 0.717) is 0 Å². The lowest BCUT2D eigenvalue weighted by molar-refractivity contribution is -0.274. The highest BCUT2D eigenvalue weighted by molar-refractivity contribution is 9.06. The molecular weight excluding hydrogens is 310 g/mol. The van der Waals surface area contributed by atoms with Crippen LogP contribution in [0.1, 0.15) is 0 Å². The molecular formula is C10H14BrNO6. The molecule has 1 unspecified atom stereocenters. The minimum Gasteiger partial charge on any atom is -0.412 e. The van der Waals surface area contributed by atoms with Crippen LogP contribution in [-0.4, -0.2) is 57.4 Å². The minimum atomic E-state index is -1.36. The van der Waals surface area contributed by atoms with Gasteiger partial charge in [-0.05, 0) is 12.1 Å². The van der Waals surface area contributed by atoms with E-state index in [1.54, 1.807) is 24.5 Å². The van der Waals surface area contributed by atoms with Crippen LogP contribution in [0.4, 0.5) is 0 Å². The molecule has 1 saturated heterocycles. The first-order chi connectivity index (χ1) is 8.63. The molecule has 1 aliphatic rings. The van der Waals surface area contributed by atoms with E-state index in [1.165, 1.54) is 4.73 Å². The maximum Gasteiger partial charge on any atom is 0.199 e. The largest absolute Gasteiger partial charge is 0.412 e. The molecule has 0 bridgehead atoms. The van der Waals surface area contributed by atoms with Crippen molar-refractivity contribution >= 4 is 16.3 Å². The molecule has 2 rings (SSSR count). The van der Waals surface area contributed by atoms with Gasteiger partial charge in [0.2, 0.25) is 0 Å². The third kappa shape index (κ3) is 2.85. The SMILES string of the molecule is O[C@H]1[C@H](O)[C@@H](O)C(OBr)O[C@@H]1COn1cccc1. The van der Waals surface area contributed by atoms with E-state index in [4.69, 9.17) is 13.4 Å². The molecule has 1 aromatic rings. The predicted molar refractivity (Wildman–Crippen MR) is 62.6 cm³/mol. The summed E-state index contributed by atoms with van der Waals surface area (Å²) in [6, 6.07) is 3.56. The summed E-state index contributed by atoms with van der Waals surface area (Å²) in [4.78, 5) is 5.30. The van der Waals surface area contributed by atoms with Crippen molar-refractivity contribution in [2.24, 2.45) is 0 Å². The van der Waals surface area contributed by atoms with Gasteiger partial charge in [-0.2, -0.15) is 4.73 Å². The van der Waals surface area contributed by atoms with Crippen molar-refractivity contribution in [2.45, 2.75) is 30.7 Å². The van der Waals surface area contributed by atoms with E-state index in [0.717, 1.165) is 0 Å². The summed E-state index contributed by atoms with van der Waals surface area (Å²) < 4.78 is 11.4. The molecule has 18 heavy (non-hydrogen) atoms. The van der Waals surface area contributed by atoms with Gasteiger partial charge in [-0.3, -0.25) is 3.83 Å². The van der Waals surface area contributed by atoms with Crippen LogP contribution >= 0.6 is 16.3 Å². The van der Waals surface area contributed by atoms with Crippen LogP contribution in [0.2, 0.25) is 0 Å². The highest BCUT2D eigenvalue weighted by atomic mass is 79.9. The summed E-state index contributed by atoms with van der Waals surface area (Å²) >= 11 is 2.69. The van der Waals surface area contributed by atoms with E-state index in [1.807, 2.05) is 0 Å². The molecule has 2 heterocycles. The van der Waals surface area contributed by atoms with Crippen LogP contribution in [0.15, 0.2) is 24.5 Å². The predicted octanol–water partition coefficient (Wildman–Crippen LogP) is -0.949. The Labute approximate surface area is 112 Å². The second kappa shape index (κ2) is 6.00. The molecule has 1 aromatic heterocycles. The molecule has 0 aliphatic carbocycles. The van der Waals surface area contributed by atoms with Gasteiger partial charge in [-0.15, -0.1) is 0 Å². The van der Waals surface area contributed by atoms with E-state index in [-0.39, 0.29) is 6.61 Å². The van der Waals surface area contributed by atoms with Gasteiger partial charge in [0.05, 0.1) is 0 Å². The van der Waals surface area contributed by atoms with Crippen LogP contribution in [0.25, 0.3) is 0 Å². The van der Waals surface area contributed by atoms with Gasteiger partial charge in [0.25, 0.3) is 0 Å². The van der Waals surface area contributed by atoms with Crippen molar-refractivity contribution < 1.29 is 28.7 Å². The Balaban J connectivity index is 1.94. The van der Waals surface area contributed by atoms with Crippen LogP contribution in [0, 0.1) is 0 Å². The standard InChI is InChI=1S/C10H14BrNO6/c11-18-10-9(15)8(14)7(13)6(17-10)5-16-12-3-1-2-4-12/h1-4,6-10,13-15H,5H2/t6-,7-,8+,9-,10?/m1/s1. The Morgan fingerprint density at radius 2 is 1.78 bits per heavy atom. The first kappa shape index (κ1) is 13.8. The first-order valence-electron chi connectivity index (χ1n) is 5.37. The molecule has 5 atom stereocenters. The lowest BCUT2D eigenvalue weighted by atomic mass is 9.99. The summed E-state index contributed by atoms with van der Waals surface area (Å²) in [6.45, 7) is 0.00644. The van der Waals surface area contributed by atoms with Crippen LogP contribution in [-0.2, 0) is 8.57 Å². The topological polar surface area (TPSA) is 93.3 Å². The van der Waals surface area contributed by atoms with Crippen molar-refractivity contribution in [1.82, 2.24) is 4.73 Å². The number of aliphatic hydroxyl groups is 3. The zero-order valence-corrected chi connectivity index (χ0v) is 10.9. The Bertz CT molecular complexity index is 359. The second-order valence-corrected chi connectivity index (χ2v) is 4.32. The molecule has 1 fully saturated rings. The number of halogens is 1. The molecule has 0 amide bonds. The molecule has 0 spiro atoms. The van der Waals surface area contributed by atoms with Crippen molar-refractivity contribution in [3.63, 3.8) is 0 Å². The Kier molecular flexibility index (Phi) is 4.60. The molecule has 0 aromatic carbocycles. The van der Waals surface area contributed by atoms with Crippen molar-refractivity contribution in [3.8, 4) is 0 Å². The van der Waals surface area contributed by atoms with Crippen LogP contribution in [0.3, 0.4) is 0 Å². The normalized spacial score (nSPS) is 36.6. The number of ether oxygens (including phenoxy) is 1. The monoisotopic (exact) mass is 323 g/mol. The molecule has 0 saturated carbocycles. The molecule has 1 aliphatic heterocycles. The lowest BCUT2D eigenvalue weighted by Crippen LogP contribution is -2.59. The van der Waals surface area contributed by atoms with Crippen LogP contribution in [0.5, 0.6) is 0 Å². The fourth-order valence-corrected chi connectivity index (χ4v) is 2.00. The van der Waals surface area contributed by atoms with Gasteiger partial charge in [0.15, 0.2) is 6.29 Å². The number of aromatic nitrogens is 1. The van der Waals surface area contributed by atoms with Gasteiger partial charge < -0.3 is 24.9 Å². The smallest absolute Gasteiger partial charge is 0.199 e. The van der Waals surface area contributed by atoms with Crippen molar-refractivity contribution in [2.75, 3.05) is 6.61 Å². The van der Waals surface area contributed by atoms with Gasteiger partial charge in [0.1, 0.15) is 47.3 Å². The van der Waals surface area contributed by atoms with Crippen molar-refractivity contribution in [1.29, 1.82) is 0 Å². The number of aliphatic hydroxyl groups excluding tert-OH is 3. The fourth-order valence-electron chi connectivity index (χ4n) is 1.69. The number of rotatable bonds is 4. The summed E-state index contributed by atoms with van der Waals surface area (Å²) in [5, 5.41) is 28.9. The highest BCUT2D eigenvalue weighted by Gasteiger charge is 2.44. The van der Waals surface area contributed by atoms with E-state index >= 15 is 0 Å². The van der Waals surface area contributed by atoms with E-state index < -0.39 is 30.7 Å². The quantitative estimate of drug-likeness (QED) is 0.661. The highest BCUT2D eigenvalue weighted by Crippen LogP contribution is 2.23. The number of hydrogen-bond acceptors (Lipinski definition) is 6. The minimum absolute atomic E-state index is 0.00644. The van der Waals surface area contributed by atoms with Gasteiger partial charge >= 0.3 is 0 Å². The molecule has 0 radical (unpaired) electrons. The Hall–Kier alpha value is -0.640. The number of hydrogen-bond donors (Lipinski definition) is 3. The summed E-state index contributed by atoms with van der Waals surface area (Å²) in [5.41, 5.74) is 0. The zero-order chi connectivity index (χ0) is 13.1. The second-order valence-electron chi connectivity index (χ2n) is 3.94. The maximum atomic E-state index is 9.75. The van der Waals surface area contributed by atoms with E-state index in [9.17, 15) is 15.3 Å².